The second-order valence-electron chi connectivity index (χ2n) is 19.4. The number of hydrogen-bond acceptors (Lipinski definition) is 9. The highest BCUT2D eigenvalue weighted by molar-refractivity contribution is 6.29. The van der Waals surface area contributed by atoms with Crippen molar-refractivity contribution in [3.8, 4) is 0 Å². The van der Waals surface area contributed by atoms with Crippen molar-refractivity contribution in [3.63, 3.8) is 0 Å². The number of aliphatic hydroxyl groups is 4. The third-order valence-electron chi connectivity index (χ3n) is 17.3. The van der Waals surface area contributed by atoms with Crippen LogP contribution >= 0.6 is 11.6 Å². The van der Waals surface area contributed by atoms with Crippen LogP contribution in [-0.2, 0) is 24.0 Å². The lowest BCUT2D eigenvalue weighted by molar-refractivity contribution is -0.223. The average Bonchev–Trinajstić information content (AvgIpc) is 3.49. The Hall–Kier alpha value is -2.77. The molecule has 0 radical (unpaired) electrons. The number of Topliss-reactive ketones (excluding diaryl/α,β-unsaturated/α-hetero) is 3. The van der Waals surface area contributed by atoms with Gasteiger partial charge in [0.05, 0.1) is 12.0 Å². The van der Waals surface area contributed by atoms with Crippen LogP contribution in [0.5, 0.6) is 0 Å². The number of rotatable bonds is 4. The van der Waals surface area contributed by atoms with Gasteiger partial charge in [-0.25, -0.2) is 13.2 Å². The first-order valence-corrected chi connectivity index (χ1v) is 20.7. The summed E-state index contributed by atoms with van der Waals surface area (Å²) in [5.41, 5.74) is -12.2. The molecule has 312 valence electrons. The van der Waals surface area contributed by atoms with Crippen molar-refractivity contribution >= 4 is 40.5 Å². The Morgan fingerprint density at radius 1 is 0.807 bits per heavy atom. The zero-order valence-electron chi connectivity index (χ0n) is 33.3. The molecule has 0 aromatic heterocycles. The Labute approximate surface area is 335 Å². The van der Waals surface area contributed by atoms with Crippen molar-refractivity contribution < 1.29 is 57.6 Å². The van der Waals surface area contributed by atoms with Crippen LogP contribution in [0.2, 0.25) is 0 Å². The number of allylic oxidation sites excluding steroid dienone is 8. The van der Waals surface area contributed by atoms with Gasteiger partial charge in [0, 0.05) is 39.9 Å². The molecule has 6 saturated carbocycles. The maximum atomic E-state index is 16.9. The normalized spacial score (nSPS) is 51.9. The molecule has 6 fully saturated rings. The maximum absolute atomic E-state index is 16.9. The zero-order valence-corrected chi connectivity index (χ0v) is 34.0. The van der Waals surface area contributed by atoms with Gasteiger partial charge in [-0.05, 0) is 106 Å². The standard InChI is InChI=1S/C22H26ClFO4.C22H28F2O5/c1-12-8-16-15-5-4-13-9-14(25)6-7-19(13,2)21(15,24)17(26)10-20(16,3)22(12,28)18(27)11-23;1-11-6-13-14-8-16(23)15-7-12(26)4-5-19(15,2)21(14,24)17(27)9-20(13,3)22(11,29)18(28)10-25/h6-7,9,12,15-16,28H,4-5,8,10-11H2,1-3H3;4-5,7,11,13-14,16-17,25,27,29H,6,8-10H2,1-3H3/t12-,15-,16-,19-,20-,21-,22-;11-,13+,14+,16+,17+,19+,20+,21+,22+/m01/s1. The summed E-state index contributed by atoms with van der Waals surface area (Å²) in [4.78, 5) is 62.2. The number of halogens is 4. The maximum Gasteiger partial charge on any atom is 0.190 e. The Balaban J connectivity index is 0.000000174. The van der Waals surface area contributed by atoms with Gasteiger partial charge in [0.15, 0.2) is 40.3 Å². The van der Waals surface area contributed by atoms with E-state index in [9.17, 15) is 44.4 Å². The van der Waals surface area contributed by atoms with Gasteiger partial charge >= 0.3 is 0 Å². The van der Waals surface area contributed by atoms with Gasteiger partial charge < -0.3 is 20.4 Å². The molecule has 0 unspecified atom stereocenters. The molecule has 0 heterocycles. The van der Waals surface area contributed by atoms with E-state index in [0.29, 0.717) is 24.8 Å². The van der Waals surface area contributed by atoms with Crippen LogP contribution in [-0.4, -0.2) is 96.6 Å². The lowest BCUT2D eigenvalue weighted by Crippen LogP contribution is -2.70. The summed E-state index contributed by atoms with van der Waals surface area (Å²) in [6.07, 6.45) is 5.99. The first-order chi connectivity index (χ1) is 26.3. The van der Waals surface area contributed by atoms with Gasteiger partial charge in [0.2, 0.25) is 0 Å². The highest BCUT2D eigenvalue weighted by atomic mass is 35.5. The lowest BCUT2D eigenvalue weighted by atomic mass is 9.44. The molecule has 8 aliphatic carbocycles. The number of ketones is 5. The van der Waals surface area contributed by atoms with Crippen molar-refractivity contribution in [2.45, 2.75) is 121 Å². The molecule has 8 rings (SSSR count). The fraction of sp³-hybridized carbons (Fsp3) is 0.705. The van der Waals surface area contributed by atoms with E-state index in [-0.39, 0.29) is 48.8 Å². The molecule has 57 heavy (non-hydrogen) atoms. The van der Waals surface area contributed by atoms with Crippen molar-refractivity contribution in [2.75, 3.05) is 12.5 Å². The number of aliphatic hydroxyl groups excluding tert-OH is 2. The van der Waals surface area contributed by atoms with Crippen LogP contribution in [0.4, 0.5) is 13.2 Å². The third kappa shape index (κ3) is 4.94. The molecule has 0 aromatic carbocycles. The summed E-state index contributed by atoms with van der Waals surface area (Å²) in [7, 11) is 0. The average molecular weight is 819 g/mol. The zero-order chi connectivity index (χ0) is 42.3. The van der Waals surface area contributed by atoms with Crippen molar-refractivity contribution in [2.24, 2.45) is 57.2 Å². The molecule has 0 aromatic rings. The van der Waals surface area contributed by atoms with E-state index in [2.05, 4.69) is 0 Å². The molecule has 4 N–H and O–H groups in total. The molecule has 0 aliphatic heterocycles. The van der Waals surface area contributed by atoms with Crippen molar-refractivity contribution in [1.82, 2.24) is 0 Å². The number of hydrogen-bond donors (Lipinski definition) is 4. The highest BCUT2D eigenvalue weighted by Crippen LogP contribution is 2.72. The number of fused-ring (bicyclic) bond motifs is 10. The summed E-state index contributed by atoms with van der Waals surface area (Å²) in [5, 5.41) is 43.3. The van der Waals surface area contributed by atoms with Crippen molar-refractivity contribution in [1.29, 1.82) is 0 Å². The number of carbonyl (C=O) groups is 5. The van der Waals surface area contributed by atoms with Crippen LogP contribution in [0.3, 0.4) is 0 Å². The second-order valence-corrected chi connectivity index (χ2v) is 19.7. The molecule has 0 bridgehead atoms. The van der Waals surface area contributed by atoms with E-state index < -0.39 is 116 Å². The molecule has 16 atom stereocenters. The largest absolute Gasteiger partial charge is 0.390 e. The van der Waals surface area contributed by atoms with Gasteiger partial charge in [0.25, 0.3) is 0 Å². The second kappa shape index (κ2) is 13.1. The topological polar surface area (TPSA) is 166 Å². The van der Waals surface area contributed by atoms with Gasteiger partial charge in [0.1, 0.15) is 24.0 Å². The summed E-state index contributed by atoms with van der Waals surface area (Å²) < 4.78 is 48.9. The first kappa shape index (κ1) is 42.4. The Morgan fingerprint density at radius 2 is 1.35 bits per heavy atom. The fourth-order valence-electron chi connectivity index (χ4n) is 14.2. The molecule has 9 nitrogen and oxygen atoms in total. The van der Waals surface area contributed by atoms with Gasteiger partial charge in [-0.3, -0.25) is 24.0 Å². The van der Waals surface area contributed by atoms with Crippen LogP contribution < -0.4 is 0 Å². The minimum Gasteiger partial charge on any atom is -0.390 e. The fourth-order valence-corrected chi connectivity index (χ4v) is 14.4. The van der Waals surface area contributed by atoms with E-state index >= 15 is 13.2 Å². The molecular weight excluding hydrogens is 765 g/mol. The Kier molecular flexibility index (Phi) is 9.74. The Morgan fingerprint density at radius 3 is 1.93 bits per heavy atom. The quantitative estimate of drug-likeness (QED) is 0.279. The molecule has 0 spiro atoms. The van der Waals surface area contributed by atoms with Crippen LogP contribution in [0.15, 0.2) is 47.6 Å². The minimum absolute atomic E-state index is 0.0409. The van der Waals surface area contributed by atoms with E-state index in [4.69, 9.17) is 11.6 Å². The molecule has 8 aliphatic rings. The number of carbonyl (C=O) groups excluding carboxylic acids is 5. The van der Waals surface area contributed by atoms with E-state index in [0.717, 1.165) is 6.08 Å². The predicted molar refractivity (Wildman–Crippen MR) is 203 cm³/mol. The minimum atomic E-state index is -2.24. The highest BCUT2D eigenvalue weighted by Gasteiger charge is 2.78. The smallest absolute Gasteiger partial charge is 0.190 e. The van der Waals surface area contributed by atoms with Crippen LogP contribution in [0, 0.1) is 57.2 Å². The Bertz CT molecular complexity index is 1960. The first-order valence-electron chi connectivity index (χ1n) is 20.1. The van der Waals surface area contributed by atoms with E-state index in [1.165, 1.54) is 31.2 Å². The summed E-state index contributed by atoms with van der Waals surface area (Å²) in [6.45, 7) is 9.19. The third-order valence-corrected chi connectivity index (χ3v) is 17.6. The van der Waals surface area contributed by atoms with E-state index in [1.807, 2.05) is 0 Å². The van der Waals surface area contributed by atoms with Crippen LogP contribution in [0.25, 0.3) is 0 Å². The van der Waals surface area contributed by atoms with Gasteiger partial charge in [-0.15, -0.1) is 11.6 Å². The van der Waals surface area contributed by atoms with Gasteiger partial charge in [-0.2, -0.15) is 0 Å². The molecule has 13 heteroatoms. The van der Waals surface area contributed by atoms with E-state index in [1.54, 1.807) is 40.7 Å². The van der Waals surface area contributed by atoms with Crippen molar-refractivity contribution in [3.05, 3.63) is 47.6 Å². The number of alkyl halides is 4. The summed E-state index contributed by atoms with van der Waals surface area (Å²) in [5.74, 6) is -6.17. The monoisotopic (exact) mass is 818 g/mol. The molecular formula is C44H54ClF3O9. The lowest BCUT2D eigenvalue weighted by Gasteiger charge is -2.63. The van der Waals surface area contributed by atoms with Gasteiger partial charge in [-0.1, -0.05) is 45.4 Å². The van der Waals surface area contributed by atoms with Crippen LogP contribution in [0.1, 0.15) is 86.5 Å². The summed E-state index contributed by atoms with van der Waals surface area (Å²) >= 11 is 5.79. The SMILES string of the molecule is C[C@@H]1C[C@H]2[C@@H]3C[C@H](F)C4=CC(=O)C=C[C@]4(C)[C@@]3(F)[C@@H](O)C[C@]2(C)[C@@]1(O)C(=O)CO.C[C@H]1C[C@H]2[C@@H]3CCC4=CC(=O)C=C[C@]4(C)[C@@]3(F)C(=O)C[C@]2(C)[C@@]1(O)C(=O)CCl. The molecule has 0 saturated heterocycles. The summed E-state index contributed by atoms with van der Waals surface area (Å²) in [6, 6.07) is 0. The predicted octanol–water partition coefficient (Wildman–Crippen LogP) is 5.19. The molecule has 0 amide bonds.